The number of furan rings is 1. The molecule has 7 heteroatoms. The summed E-state index contributed by atoms with van der Waals surface area (Å²) in [5.74, 6) is -0.521. The van der Waals surface area contributed by atoms with Gasteiger partial charge >= 0.3 is 5.97 Å². The van der Waals surface area contributed by atoms with Gasteiger partial charge in [0.2, 0.25) is 0 Å². The number of nitrogens with one attached hydrogen (secondary N) is 1. The normalized spacial score (nSPS) is 11.8. The number of carboxylic acid groups (broad SMARTS) is 1. The summed E-state index contributed by atoms with van der Waals surface area (Å²) in [6, 6.07) is 12.6. The molecule has 0 fully saturated rings. The quantitative estimate of drug-likeness (QED) is 0.665. The minimum Gasteiger partial charge on any atom is -0.497 e. The lowest BCUT2D eigenvalue weighted by molar-refractivity contribution is -0.139. The predicted octanol–water partition coefficient (Wildman–Crippen LogP) is 2.88. The third-order valence-electron chi connectivity index (χ3n) is 4.17. The highest BCUT2D eigenvalue weighted by atomic mass is 16.5. The van der Waals surface area contributed by atoms with E-state index >= 15 is 0 Å². The largest absolute Gasteiger partial charge is 0.497 e. The van der Waals surface area contributed by atoms with E-state index in [0.29, 0.717) is 28.0 Å². The summed E-state index contributed by atoms with van der Waals surface area (Å²) in [4.78, 5) is 24.1. The van der Waals surface area contributed by atoms with Crippen LogP contribution in [0.4, 0.5) is 0 Å². The number of rotatable bonds is 7. The van der Waals surface area contributed by atoms with Crippen molar-refractivity contribution < 1.29 is 28.6 Å². The van der Waals surface area contributed by atoms with Gasteiger partial charge in [0.05, 0.1) is 14.2 Å². The fourth-order valence-corrected chi connectivity index (χ4v) is 2.78. The molecule has 0 saturated heterocycles. The maximum atomic E-state index is 12.5. The maximum Gasteiger partial charge on any atom is 0.326 e. The number of fused-ring (bicyclic) bond motifs is 1. The number of para-hydroxylation sites is 1. The Morgan fingerprint density at radius 2 is 1.89 bits per heavy atom. The van der Waals surface area contributed by atoms with Crippen molar-refractivity contribution in [2.75, 3.05) is 14.2 Å². The van der Waals surface area contributed by atoms with Gasteiger partial charge in [-0.15, -0.1) is 0 Å². The molecule has 2 N–H and O–H groups in total. The van der Waals surface area contributed by atoms with Crippen molar-refractivity contribution >= 4 is 22.8 Å². The Balaban J connectivity index is 1.80. The van der Waals surface area contributed by atoms with Crippen molar-refractivity contribution in [3.05, 3.63) is 59.9 Å². The van der Waals surface area contributed by atoms with Crippen LogP contribution in [0.25, 0.3) is 11.0 Å². The minimum atomic E-state index is -1.15. The SMILES string of the molecule is COc1ccc2oc(C(=O)N[C@@H](Cc3ccccc3OC)C(=O)O)cc2c1. The standard InChI is InChI=1S/C20H19NO6/c1-25-14-7-8-17-13(9-14)11-18(27-17)19(22)21-15(20(23)24)10-12-5-3-4-6-16(12)26-2/h3-9,11,15H,10H2,1-2H3,(H,21,22)(H,23,24)/t15-/m0/s1. The molecule has 3 aromatic rings. The number of carboxylic acids is 1. The van der Waals surface area contributed by atoms with Gasteiger partial charge < -0.3 is 24.3 Å². The monoisotopic (exact) mass is 369 g/mol. The molecule has 0 spiro atoms. The number of hydrogen-bond acceptors (Lipinski definition) is 5. The molecule has 0 radical (unpaired) electrons. The fraction of sp³-hybridized carbons (Fsp3) is 0.200. The van der Waals surface area contributed by atoms with E-state index in [4.69, 9.17) is 13.9 Å². The molecular formula is C20H19NO6. The van der Waals surface area contributed by atoms with E-state index in [1.54, 1.807) is 55.6 Å². The second-order valence-electron chi connectivity index (χ2n) is 5.89. The van der Waals surface area contributed by atoms with Gasteiger partial charge in [-0.3, -0.25) is 4.79 Å². The number of amides is 1. The van der Waals surface area contributed by atoms with E-state index in [2.05, 4.69) is 5.32 Å². The van der Waals surface area contributed by atoms with Gasteiger partial charge in [-0.1, -0.05) is 18.2 Å². The molecule has 2 aromatic carbocycles. The molecule has 0 saturated carbocycles. The van der Waals surface area contributed by atoms with E-state index < -0.39 is 17.9 Å². The number of ether oxygens (including phenoxy) is 2. The Morgan fingerprint density at radius 1 is 1.11 bits per heavy atom. The number of carbonyl (C=O) groups excluding carboxylic acids is 1. The van der Waals surface area contributed by atoms with Crippen molar-refractivity contribution in [3.8, 4) is 11.5 Å². The van der Waals surface area contributed by atoms with Crippen LogP contribution < -0.4 is 14.8 Å². The lowest BCUT2D eigenvalue weighted by Crippen LogP contribution is -2.42. The van der Waals surface area contributed by atoms with Gasteiger partial charge in [0, 0.05) is 11.8 Å². The zero-order chi connectivity index (χ0) is 19.4. The number of hydrogen-bond donors (Lipinski definition) is 2. The van der Waals surface area contributed by atoms with Crippen molar-refractivity contribution in [2.24, 2.45) is 0 Å². The van der Waals surface area contributed by atoms with Crippen LogP contribution in [0.2, 0.25) is 0 Å². The van der Waals surface area contributed by atoms with Crippen LogP contribution in [-0.4, -0.2) is 37.2 Å². The fourth-order valence-electron chi connectivity index (χ4n) is 2.78. The van der Waals surface area contributed by atoms with E-state index in [1.807, 2.05) is 0 Å². The summed E-state index contributed by atoms with van der Waals surface area (Å²) >= 11 is 0. The minimum absolute atomic E-state index is 0.0320. The van der Waals surface area contributed by atoms with E-state index in [9.17, 15) is 14.7 Å². The molecular weight excluding hydrogens is 350 g/mol. The Labute approximate surface area is 155 Å². The van der Waals surface area contributed by atoms with Gasteiger partial charge in [0.15, 0.2) is 5.76 Å². The highest BCUT2D eigenvalue weighted by Crippen LogP contribution is 2.24. The highest BCUT2D eigenvalue weighted by Gasteiger charge is 2.24. The van der Waals surface area contributed by atoms with Crippen molar-refractivity contribution in [1.82, 2.24) is 5.32 Å². The molecule has 7 nitrogen and oxygen atoms in total. The van der Waals surface area contributed by atoms with Gasteiger partial charge in [-0.2, -0.15) is 0 Å². The number of aliphatic carboxylic acids is 1. The van der Waals surface area contributed by atoms with E-state index in [-0.39, 0.29) is 12.2 Å². The maximum absolute atomic E-state index is 12.5. The van der Waals surface area contributed by atoms with Gasteiger partial charge in [0.1, 0.15) is 23.1 Å². The Morgan fingerprint density at radius 3 is 2.59 bits per heavy atom. The van der Waals surface area contributed by atoms with Crippen LogP contribution in [0, 0.1) is 0 Å². The topological polar surface area (TPSA) is 98.0 Å². The first kappa shape index (κ1) is 18.3. The first-order chi connectivity index (χ1) is 13.0. The zero-order valence-electron chi connectivity index (χ0n) is 14.9. The summed E-state index contributed by atoms with van der Waals surface area (Å²) in [6.45, 7) is 0. The zero-order valence-corrected chi connectivity index (χ0v) is 14.9. The summed E-state index contributed by atoms with van der Waals surface area (Å²) in [7, 11) is 3.06. The molecule has 0 bridgehead atoms. The van der Waals surface area contributed by atoms with Crippen molar-refractivity contribution in [1.29, 1.82) is 0 Å². The van der Waals surface area contributed by atoms with Gasteiger partial charge in [0.25, 0.3) is 5.91 Å². The van der Waals surface area contributed by atoms with E-state index in [0.717, 1.165) is 0 Å². The second-order valence-corrected chi connectivity index (χ2v) is 5.89. The van der Waals surface area contributed by atoms with Crippen LogP contribution in [-0.2, 0) is 11.2 Å². The summed E-state index contributed by atoms with van der Waals surface area (Å²) < 4.78 is 15.9. The lowest BCUT2D eigenvalue weighted by Gasteiger charge is -2.15. The predicted molar refractivity (Wildman–Crippen MR) is 98.4 cm³/mol. The third kappa shape index (κ3) is 4.03. The Kier molecular flexibility index (Phi) is 5.30. The number of carbonyl (C=O) groups is 2. The van der Waals surface area contributed by atoms with Crippen LogP contribution in [0.1, 0.15) is 16.1 Å². The average Bonchev–Trinajstić information content (AvgIpc) is 3.11. The lowest BCUT2D eigenvalue weighted by atomic mass is 10.0. The molecule has 27 heavy (non-hydrogen) atoms. The molecule has 1 heterocycles. The van der Waals surface area contributed by atoms with Crippen LogP contribution in [0.15, 0.2) is 52.9 Å². The van der Waals surface area contributed by atoms with Crippen LogP contribution in [0.5, 0.6) is 11.5 Å². The molecule has 140 valence electrons. The highest BCUT2D eigenvalue weighted by molar-refractivity contribution is 5.98. The molecule has 0 unspecified atom stereocenters. The molecule has 1 atom stereocenters. The first-order valence-electron chi connectivity index (χ1n) is 8.25. The average molecular weight is 369 g/mol. The molecule has 1 amide bonds. The Bertz CT molecular complexity index is 978. The molecule has 0 aliphatic rings. The summed E-state index contributed by atoms with van der Waals surface area (Å²) in [5.41, 5.74) is 1.19. The van der Waals surface area contributed by atoms with Gasteiger partial charge in [-0.05, 0) is 35.9 Å². The molecule has 0 aliphatic carbocycles. The molecule has 3 rings (SSSR count). The summed E-state index contributed by atoms with van der Waals surface area (Å²) in [5, 5.41) is 12.7. The smallest absolute Gasteiger partial charge is 0.326 e. The van der Waals surface area contributed by atoms with Crippen LogP contribution in [0.3, 0.4) is 0 Å². The van der Waals surface area contributed by atoms with Crippen molar-refractivity contribution in [2.45, 2.75) is 12.5 Å². The van der Waals surface area contributed by atoms with Crippen LogP contribution >= 0.6 is 0 Å². The Hall–Kier alpha value is -3.48. The second kappa shape index (κ2) is 7.82. The van der Waals surface area contributed by atoms with Crippen molar-refractivity contribution in [3.63, 3.8) is 0 Å². The molecule has 1 aromatic heterocycles. The van der Waals surface area contributed by atoms with E-state index in [1.165, 1.54) is 7.11 Å². The number of methoxy groups -OCH3 is 2. The third-order valence-corrected chi connectivity index (χ3v) is 4.17. The summed E-state index contributed by atoms with van der Waals surface area (Å²) in [6.07, 6.45) is 0.0825. The molecule has 0 aliphatic heterocycles. The first-order valence-corrected chi connectivity index (χ1v) is 8.25. The van der Waals surface area contributed by atoms with Gasteiger partial charge in [-0.25, -0.2) is 4.79 Å². The number of benzene rings is 2.